The summed E-state index contributed by atoms with van der Waals surface area (Å²) in [5, 5.41) is 8.48. The van der Waals surface area contributed by atoms with Crippen LogP contribution in [0.5, 0.6) is 0 Å². The van der Waals surface area contributed by atoms with Crippen molar-refractivity contribution in [3.8, 4) is 0 Å². The van der Waals surface area contributed by atoms with Crippen molar-refractivity contribution in [3.63, 3.8) is 0 Å². The molecule has 1 heterocycles. The summed E-state index contributed by atoms with van der Waals surface area (Å²) < 4.78 is 5.08. The van der Waals surface area contributed by atoms with Crippen LogP contribution in [0, 0.1) is 23.2 Å². The lowest BCUT2D eigenvalue weighted by atomic mass is 9.77. The SMILES string of the molecule is CCOC(=O)C1N=NC2CC3(C)C(C)C3CC21. The van der Waals surface area contributed by atoms with E-state index in [0.717, 1.165) is 24.7 Å². The molecule has 0 aromatic carbocycles. The molecular weight excluding hydrogens is 216 g/mol. The van der Waals surface area contributed by atoms with Crippen LogP contribution in [-0.2, 0) is 9.53 Å². The molecule has 3 aliphatic rings. The summed E-state index contributed by atoms with van der Waals surface area (Å²) in [5.74, 6) is 1.67. The second-order valence-corrected chi connectivity index (χ2v) is 6.00. The van der Waals surface area contributed by atoms with Crippen molar-refractivity contribution >= 4 is 5.97 Å². The standard InChI is InChI=1S/C13H20N2O2/c1-4-17-12(16)11-8-5-9-7(2)13(9,3)6-10(8)14-15-11/h7-11H,4-6H2,1-3H3. The Bertz CT molecular complexity index is 382. The molecule has 94 valence electrons. The second kappa shape index (κ2) is 3.53. The number of carbonyl (C=O) groups excluding carboxylic acids is 1. The number of azo groups is 1. The van der Waals surface area contributed by atoms with Gasteiger partial charge in [0.1, 0.15) is 0 Å². The van der Waals surface area contributed by atoms with E-state index >= 15 is 0 Å². The highest BCUT2D eigenvalue weighted by Crippen LogP contribution is 2.68. The van der Waals surface area contributed by atoms with Crippen LogP contribution in [-0.4, -0.2) is 24.7 Å². The van der Waals surface area contributed by atoms with Gasteiger partial charge in [-0.1, -0.05) is 13.8 Å². The molecule has 2 saturated carbocycles. The summed E-state index contributed by atoms with van der Waals surface area (Å²) in [4.78, 5) is 11.8. The summed E-state index contributed by atoms with van der Waals surface area (Å²) in [6.07, 6.45) is 2.20. The van der Waals surface area contributed by atoms with Gasteiger partial charge in [0.2, 0.25) is 0 Å². The van der Waals surface area contributed by atoms with Crippen LogP contribution < -0.4 is 0 Å². The molecule has 2 aliphatic carbocycles. The number of rotatable bonds is 2. The van der Waals surface area contributed by atoms with Gasteiger partial charge in [-0.05, 0) is 37.0 Å². The Kier molecular flexibility index (Phi) is 2.32. The normalized spacial score (nSPS) is 50.6. The first-order valence-electron chi connectivity index (χ1n) is 6.64. The topological polar surface area (TPSA) is 51.0 Å². The van der Waals surface area contributed by atoms with Gasteiger partial charge < -0.3 is 4.74 Å². The van der Waals surface area contributed by atoms with Crippen molar-refractivity contribution in [3.05, 3.63) is 0 Å². The smallest absolute Gasteiger partial charge is 0.333 e. The Morgan fingerprint density at radius 2 is 2.24 bits per heavy atom. The fourth-order valence-corrected chi connectivity index (χ4v) is 3.93. The van der Waals surface area contributed by atoms with Gasteiger partial charge in [0.25, 0.3) is 0 Å². The van der Waals surface area contributed by atoms with Gasteiger partial charge in [-0.3, -0.25) is 0 Å². The van der Waals surface area contributed by atoms with E-state index in [1.165, 1.54) is 0 Å². The first-order valence-corrected chi connectivity index (χ1v) is 6.64. The zero-order valence-electron chi connectivity index (χ0n) is 10.7. The van der Waals surface area contributed by atoms with E-state index in [1.54, 1.807) is 0 Å². The molecule has 0 saturated heterocycles. The molecule has 0 amide bonds. The van der Waals surface area contributed by atoms with E-state index in [4.69, 9.17) is 4.74 Å². The fourth-order valence-electron chi connectivity index (χ4n) is 3.93. The summed E-state index contributed by atoms with van der Waals surface area (Å²) in [5.41, 5.74) is 0.462. The van der Waals surface area contributed by atoms with Crippen molar-refractivity contribution in [2.75, 3.05) is 6.61 Å². The van der Waals surface area contributed by atoms with Gasteiger partial charge in [-0.25, -0.2) is 4.79 Å². The van der Waals surface area contributed by atoms with Crippen LogP contribution in [0.15, 0.2) is 10.2 Å². The summed E-state index contributed by atoms with van der Waals surface area (Å²) in [6, 6.07) is -0.0621. The van der Waals surface area contributed by atoms with Crippen molar-refractivity contribution in [2.45, 2.75) is 45.7 Å². The minimum absolute atomic E-state index is 0.180. The maximum Gasteiger partial charge on any atom is 0.333 e. The molecule has 0 aromatic rings. The van der Waals surface area contributed by atoms with Gasteiger partial charge in [0.05, 0.1) is 12.6 Å². The second-order valence-electron chi connectivity index (χ2n) is 6.00. The van der Waals surface area contributed by atoms with E-state index < -0.39 is 0 Å². The monoisotopic (exact) mass is 236 g/mol. The van der Waals surface area contributed by atoms with Crippen LogP contribution in [0.2, 0.25) is 0 Å². The van der Waals surface area contributed by atoms with Gasteiger partial charge in [-0.15, -0.1) is 0 Å². The number of fused-ring (bicyclic) bond motifs is 2. The number of ether oxygens (including phenoxy) is 1. The molecule has 0 N–H and O–H groups in total. The maximum atomic E-state index is 11.8. The van der Waals surface area contributed by atoms with Crippen LogP contribution in [0.3, 0.4) is 0 Å². The number of carbonyl (C=O) groups is 1. The molecule has 2 fully saturated rings. The Balaban J connectivity index is 1.73. The third kappa shape index (κ3) is 1.45. The van der Waals surface area contributed by atoms with Gasteiger partial charge in [0, 0.05) is 5.92 Å². The van der Waals surface area contributed by atoms with Crippen LogP contribution in [0.1, 0.15) is 33.6 Å². The highest BCUT2D eigenvalue weighted by Gasteiger charge is 2.64. The lowest BCUT2D eigenvalue weighted by molar-refractivity contribution is -0.146. The molecule has 4 nitrogen and oxygen atoms in total. The van der Waals surface area contributed by atoms with Crippen LogP contribution >= 0.6 is 0 Å². The third-order valence-electron chi connectivity index (χ3n) is 5.32. The maximum absolute atomic E-state index is 11.8. The first-order chi connectivity index (χ1) is 8.08. The Labute approximate surface area is 102 Å². The molecule has 6 atom stereocenters. The molecule has 0 radical (unpaired) electrons. The van der Waals surface area contributed by atoms with Crippen molar-refractivity contribution < 1.29 is 9.53 Å². The summed E-state index contributed by atoms with van der Waals surface area (Å²) >= 11 is 0. The minimum atomic E-state index is -0.322. The number of esters is 1. The number of hydrogen-bond acceptors (Lipinski definition) is 4. The predicted molar refractivity (Wildman–Crippen MR) is 62.6 cm³/mol. The molecule has 1 aliphatic heterocycles. The highest BCUT2D eigenvalue weighted by atomic mass is 16.5. The van der Waals surface area contributed by atoms with Crippen molar-refractivity contribution in [2.24, 2.45) is 33.4 Å². The summed E-state index contributed by atoms with van der Waals surface area (Å²) in [6.45, 7) is 6.94. The van der Waals surface area contributed by atoms with Gasteiger partial charge >= 0.3 is 5.97 Å². The molecule has 6 unspecified atom stereocenters. The largest absolute Gasteiger partial charge is 0.464 e. The first kappa shape index (κ1) is 11.2. The zero-order chi connectivity index (χ0) is 12.2. The van der Waals surface area contributed by atoms with E-state index in [1.807, 2.05) is 6.92 Å². The van der Waals surface area contributed by atoms with E-state index in [9.17, 15) is 4.79 Å². The average molecular weight is 236 g/mol. The predicted octanol–water partition coefficient (Wildman–Crippen LogP) is 2.43. The number of hydrogen-bond donors (Lipinski definition) is 0. The Hall–Kier alpha value is -0.930. The Morgan fingerprint density at radius 3 is 2.94 bits per heavy atom. The van der Waals surface area contributed by atoms with E-state index in [2.05, 4.69) is 24.1 Å². The molecule has 0 aromatic heterocycles. The van der Waals surface area contributed by atoms with Crippen molar-refractivity contribution in [1.82, 2.24) is 0 Å². The molecule has 17 heavy (non-hydrogen) atoms. The van der Waals surface area contributed by atoms with Crippen LogP contribution in [0.4, 0.5) is 0 Å². The molecule has 4 heteroatoms. The van der Waals surface area contributed by atoms with Crippen molar-refractivity contribution in [1.29, 1.82) is 0 Å². The highest BCUT2D eigenvalue weighted by molar-refractivity contribution is 5.76. The molecular formula is C13H20N2O2. The van der Waals surface area contributed by atoms with Gasteiger partial charge in [-0.2, -0.15) is 10.2 Å². The van der Waals surface area contributed by atoms with E-state index in [-0.39, 0.29) is 18.1 Å². The molecule has 3 rings (SSSR count). The minimum Gasteiger partial charge on any atom is -0.464 e. The average Bonchev–Trinajstić information content (AvgIpc) is 2.67. The van der Waals surface area contributed by atoms with Gasteiger partial charge in [0.15, 0.2) is 6.04 Å². The summed E-state index contributed by atoms with van der Waals surface area (Å²) in [7, 11) is 0. The number of nitrogens with zero attached hydrogens (tertiary/aromatic N) is 2. The van der Waals surface area contributed by atoms with Crippen LogP contribution in [0.25, 0.3) is 0 Å². The quantitative estimate of drug-likeness (QED) is 0.691. The fraction of sp³-hybridized carbons (Fsp3) is 0.923. The van der Waals surface area contributed by atoms with E-state index in [0.29, 0.717) is 17.9 Å². The molecule has 0 spiro atoms. The lowest BCUT2D eigenvalue weighted by Gasteiger charge is -2.28. The third-order valence-corrected chi connectivity index (χ3v) is 5.32. The zero-order valence-corrected chi connectivity index (χ0v) is 10.7. The molecule has 0 bridgehead atoms. The lowest BCUT2D eigenvalue weighted by Crippen LogP contribution is -2.36. The Morgan fingerprint density at radius 1 is 1.47 bits per heavy atom.